The van der Waals surface area contributed by atoms with Crippen LogP contribution in [0.3, 0.4) is 0 Å². The molecular formula is C22H34N2O5. The summed E-state index contributed by atoms with van der Waals surface area (Å²) in [6.07, 6.45) is 4.52. The fourth-order valence-electron chi connectivity index (χ4n) is 7.05. The molecule has 7 nitrogen and oxygen atoms in total. The minimum atomic E-state index is -0.237. The minimum absolute atomic E-state index is 0.00393. The lowest BCUT2D eigenvalue weighted by atomic mass is 9.53. The van der Waals surface area contributed by atoms with Gasteiger partial charge in [-0.25, -0.2) is 4.79 Å². The molecule has 29 heavy (non-hydrogen) atoms. The number of hydrogen-bond donors (Lipinski definition) is 0. The summed E-state index contributed by atoms with van der Waals surface area (Å²) in [7, 11) is 0. The molecule has 0 aromatic carbocycles. The second-order valence-corrected chi connectivity index (χ2v) is 10.0. The number of amides is 1. The molecule has 0 aromatic heterocycles. The number of esters is 1. The Kier molecular flexibility index (Phi) is 4.63. The molecule has 2 saturated carbocycles. The molecule has 2 aliphatic carbocycles. The third-order valence-electron chi connectivity index (χ3n) is 8.55. The van der Waals surface area contributed by atoms with E-state index in [0.717, 1.165) is 19.5 Å². The number of piperazine rings is 1. The Morgan fingerprint density at radius 2 is 2.03 bits per heavy atom. The van der Waals surface area contributed by atoms with Crippen LogP contribution in [0.2, 0.25) is 0 Å². The van der Waals surface area contributed by atoms with Crippen molar-refractivity contribution in [2.75, 3.05) is 39.3 Å². The molecule has 162 valence electrons. The summed E-state index contributed by atoms with van der Waals surface area (Å²) in [4.78, 5) is 28.8. The molecule has 0 radical (unpaired) electrons. The Balaban J connectivity index is 1.26. The summed E-state index contributed by atoms with van der Waals surface area (Å²) < 4.78 is 17.5. The average Bonchev–Trinajstić information content (AvgIpc) is 3.37. The lowest BCUT2D eigenvalue weighted by Gasteiger charge is -2.49. The first-order chi connectivity index (χ1) is 13.9. The first-order valence-electron chi connectivity index (χ1n) is 11.4. The second kappa shape index (κ2) is 6.84. The minimum Gasteiger partial charge on any atom is -0.462 e. The number of carbonyl (C=O) groups is 2. The van der Waals surface area contributed by atoms with Gasteiger partial charge in [-0.3, -0.25) is 9.69 Å². The number of fused-ring (bicyclic) bond motifs is 2. The third kappa shape index (κ3) is 2.83. The van der Waals surface area contributed by atoms with Gasteiger partial charge in [0.2, 0.25) is 0 Å². The molecule has 7 unspecified atom stereocenters. The maximum absolute atomic E-state index is 12.8. The number of ether oxygens (including phenoxy) is 3. The van der Waals surface area contributed by atoms with Crippen molar-refractivity contribution in [1.29, 1.82) is 0 Å². The van der Waals surface area contributed by atoms with Gasteiger partial charge in [-0.15, -0.1) is 0 Å². The number of hydrogen-bond acceptors (Lipinski definition) is 6. The zero-order valence-corrected chi connectivity index (χ0v) is 17.9. The Bertz CT molecular complexity index is 693. The lowest BCUT2D eigenvalue weighted by Crippen LogP contribution is -2.55. The van der Waals surface area contributed by atoms with Crippen molar-refractivity contribution in [3.05, 3.63) is 0 Å². The molecule has 3 heterocycles. The predicted molar refractivity (Wildman–Crippen MR) is 105 cm³/mol. The van der Waals surface area contributed by atoms with Gasteiger partial charge in [0.15, 0.2) is 0 Å². The van der Waals surface area contributed by atoms with Gasteiger partial charge in [0, 0.05) is 44.1 Å². The quantitative estimate of drug-likeness (QED) is 0.529. The summed E-state index contributed by atoms with van der Waals surface area (Å²) >= 11 is 0. The van der Waals surface area contributed by atoms with Gasteiger partial charge in [-0.1, -0.05) is 20.3 Å². The fraction of sp³-hybridized carbons (Fsp3) is 0.909. The third-order valence-corrected chi connectivity index (χ3v) is 8.55. The highest BCUT2D eigenvalue weighted by Gasteiger charge is 2.78. The van der Waals surface area contributed by atoms with Gasteiger partial charge in [0.1, 0.15) is 11.7 Å². The zero-order valence-electron chi connectivity index (χ0n) is 17.9. The van der Waals surface area contributed by atoms with Crippen molar-refractivity contribution >= 4 is 12.1 Å². The molecule has 0 bridgehead atoms. The monoisotopic (exact) mass is 406 g/mol. The lowest BCUT2D eigenvalue weighted by molar-refractivity contribution is -0.146. The first kappa shape index (κ1) is 19.6. The van der Waals surface area contributed by atoms with Gasteiger partial charge < -0.3 is 19.1 Å². The van der Waals surface area contributed by atoms with Gasteiger partial charge in [0.05, 0.1) is 18.6 Å². The predicted octanol–water partition coefficient (Wildman–Crippen LogP) is 2.29. The number of epoxide rings is 1. The van der Waals surface area contributed by atoms with Crippen LogP contribution in [-0.4, -0.2) is 79.0 Å². The van der Waals surface area contributed by atoms with Crippen molar-refractivity contribution in [3.63, 3.8) is 0 Å². The Morgan fingerprint density at radius 3 is 2.76 bits per heavy atom. The van der Waals surface area contributed by atoms with Crippen molar-refractivity contribution in [2.24, 2.45) is 23.2 Å². The van der Waals surface area contributed by atoms with Crippen LogP contribution in [0.1, 0.15) is 46.5 Å². The summed E-state index contributed by atoms with van der Waals surface area (Å²) in [6, 6.07) is 0. The van der Waals surface area contributed by atoms with Gasteiger partial charge in [-0.05, 0) is 32.1 Å². The van der Waals surface area contributed by atoms with Crippen LogP contribution >= 0.6 is 0 Å². The van der Waals surface area contributed by atoms with Crippen LogP contribution < -0.4 is 0 Å². The van der Waals surface area contributed by atoms with E-state index in [0.29, 0.717) is 32.2 Å². The van der Waals surface area contributed by atoms with Crippen molar-refractivity contribution in [2.45, 2.75) is 64.3 Å². The van der Waals surface area contributed by atoms with Crippen molar-refractivity contribution in [3.8, 4) is 0 Å². The largest absolute Gasteiger partial charge is 0.462 e. The van der Waals surface area contributed by atoms with E-state index < -0.39 is 0 Å². The van der Waals surface area contributed by atoms with E-state index in [1.165, 1.54) is 19.3 Å². The molecule has 5 rings (SSSR count). The zero-order chi connectivity index (χ0) is 20.4. The molecule has 5 fully saturated rings. The number of rotatable bonds is 3. The standard InChI is InChI=1S/C22H34N2O5/c1-4-27-20(26)24-10-8-23(9-11-24)13-15-17-16(28-19(15)25)12-21(3)7-5-6-14(2)22(21)18(17)29-22/h14-18H,4-13H2,1-3H3. The molecule has 1 spiro atoms. The highest BCUT2D eigenvalue weighted by atomic mass is 16.6. The highest BCUT2D eigenvalue weighted by Crippen LogP contribution is 2.70. The Labute approximate surface area is 173 Å². The average molecular weight is 407 g/mol. The van der Waals surface area contributed by atoms with Crippen LogP contribution in [0.5, 0.6) is 0 Å². The first-order valence-corrected chi connectivity index (χ1v) is 11.4. The molecule has 1 amide bonds. The van der Waals surface area contributed by atoms with E-state index >= 15 is 0 Å². The summed E-state index contributed by atoms with van der Waals surface area (Å²) in [5.41, 5.74) is 0.0954. The van der Waals surface area contributed by atoms with E-state index in [9.17, 15) is 9.59 Å². The van der Waals surface area contributed by atoms with Crippen molar-refractivity contribution < 1.29 is 23.8 Å². The van der Waals surface area contributed by atoms with Crippen LogP contribution in [0.4, 0.5) is 4.79 Å². The van der Waals surface area contributed by atoms with Crippen LogP contribution in [0, 0.1) is 23.2 Å². The van der Waals surface area contributed by atoms with E-state index in [1.54, 1.807) is 4.90 Å². The maximum Gasteiger partial charge on any atom is 0.409 e. The molecule has 0 N–H and O–H groups in total. The Hall–Kier alpha value is -1.34. The molecule has 5 aliphatic rings. The number of carbonyl (C=O) groups excluding carboxylic acids is 2. The van der Waals surface area contributed by atoms with Crippen molar-refractivity contribution in [1.82, 2.24) is 9.80 Å². The normalized spacial score (nSPS) is 46.4. The molecule has 7 heteroatoms. The number of nitrogens with zero attached hydrogens (tertiary/aromatic N) is 2. The molecule has 0 aromatic rings. The smallest absolute Gasteiger partial charge is 0.409 e. The molecule has 3 saturated heterocycles. The van der Waals surface area contributed by atoms with Crippen LogP contribution in [0.25, 0.3) is 0 Å². The summed E-state index contributed by atoms with van der Waals surface area (Å²) in [5.74, 6) is 0.571. The van der Waals surface area contributed by atoms with E-state index in [1.807, 2.05) is 6.92 Å². The SMILES string of the molecule is CCOC(=O)N1CCN(CC2C(=O)OC3CC4(C)CCCC(C)C45OC5C32)CC1. The molecule has 7 atom stereocenters. The van der Waals surface area contributed by atoms with E-state index in [-0.39, 0.29) is 47.1 Å². The summed E-state index contributed by atoms with van der Waals surface area (Å²) in [5, 5.41) is 0. The van der Waals surface area contributed by atoms with Gasteiger partial charge in [-0.2, -0.15) is 0 Å². The van der Waals surface area contributed by atoms with Crippen LogP contribution in [0.15, 0.2) is 0 Å². The fourth-order valence-corrected chi connectivity index (χ4v) is 7.05. The van der Waals surface area contributed by atoms with Gasteiger partial charge in [0.25, 0.3) is 0 Å². The second-order valence-electron chi connectivity index (χ2n) is 10.0. The van der Waals surface area contributed by atoms with E-state index in [4.69, 9.17) is 14.2 Å². The maximum atomic E-state index is 12.8. The van der Waals surface area contributed by atoms with Gasteiger partial charge >= 0.3 is 12.1 Å². The van der Waals surface area contributed by atoms with E-state index in [2.05, 4.69) is 18.7 Å². The highest BCUT2D eigenvalue weighted by molar-refractivity contribution is 5.76. The Morgan fingerprint density at radius 1 is 1.28 bits per heavy atom. The topological polar surface area (TPSA) is 71.6 Å². The molecular weight excluding hydrogens is 372 g/mol. The summed E-state index contributed by atoms with van der Waals surface area (Å²) in [6.45, 7) is 10.4. The van der Waals surface area contributed by atoms with Crippen LogP contribution in [-0.2, 0) is 19.0 Å². The molecule has 3 aliphatic heterocycles.